The first-order valence-corrected chi connectivity index (χ1v) is 8.26. The summed E-state index contributed by atoms with van der Waals surface area (Å²) in [6, 6.07) is 3.86. The second-order valence-electron chi connectivity index (χ2n) is 6.20. The lowest BCUT2D eigenvalue weighted by Crippen LogP contribution is -2.40. The number of nitrogens with one attached hydrogen (secondary N) is 2. The molecule has 1 amide bonds. The topological polar surface area (TPSA) is 84.0 Å². The molecule has 1 fully saturated rings. The first-order chi connectivity index (χ1) is 11.6. The van der Waals surface area contributed by atoms with E-state index in [-0.39, 0.29) is 30.4 Å². The standard InChI is InChI=1S/C17H20FN3O3/c18-12-6-7-14-13(10-12)20-16(23)17(24)21(14)9-8-19-15(22)11-4-2-1-3-5-11/h6-7,10-11H,1-5,8-9H2,(H,19,22)(H,20,23). The van der Waals surface area contributed by atoms with Crippen molar-refractivity contribution in [1.82, 2.24) is 14.9 Å². The van der Waals surface area contributed by atoms with E-state index in [0.29, 0.717) is 5.52 Å². The molecule has 7 heteroatoms. The van der Waals surface area contributed by atoms with Crippen LogP contribution >= 0.6 is 0 Å². The summed E-state index contributed by atoms with van der Waals surface area (Å²) in [6.45, 7) is 0.425. The summed E-state index contributed by atoms with van der Waals surface area (Å²) in [7, 11) is 0. The number of amides is 1. The molecule has 0 bridgehead atoms. The number of carbonyl (C=O) groups is 1. The number of hydrogen-bond acceptors (Lipinski definition) is 3. The Kier molecular flexibility index (Phi) is 4.78. The van der Waals surface area contributed by atoms with E-state index in [1.54, 1.807) is 0 Å². The molecule has 3 rings (SSSR count). The lowest BCUT2D eigenvalue weighted by Gasteiger charge is -2.21. The van der Waals surface area contributed by atoms with Gasteiger partial charge in [-0.25, -0.2) is 4.39 Å². The number of rotatable bonds is 4. The van der Waals surface area contributed by atoms with Gasteiger partial charge in [0.15, 0.2) is 0 Å². The first kappa shape index (κ1) is 16.4. The smallest absolute Gasteiger partial charge is 0.316 e. The maximum absolute atomic E-state index is 13.3. The van der Waals surface area contributed by atoms with E-state index in [1.165, 1.54) is 29.2 Å². The Balaban J connectivity index is 1.75. The molecule has 0 aliphatic heterocycles. The molecule has 0 spiro atoms. The van der Waals surface area contributed by atoms with Crippen molar-refractivity contribution in [3.05, 3.63) is 44.7 Å². The van der Waals surface area contributed by atoms with Gasteiger partial charge < -0.3 is 14.9 Å². The fraction of sp³-hybridized carbons (Fsp3) is 0.471. The zero-order valence-corrected chi connectivity index (χ0v) is 13.3. The predicted octanol–water partition coefficient (Wildman–Crippen LogP) is 1.53. The van der Waals surface area contributed by atoms with Gasteiger partial charge in [0.1, 0.15) is 5.82 Å². The number of hydrogen-bond donors (Lipinski definition) is 2. The van der Waals surface area contributed by atoms with E-state index in [1.807, 2.05) is 0 Å². The Hall–Kier alpha value is -2.44. The highest BCUT2D eigenvalue weighted by atomic mass is 19.1. The highest BCUT2D eigenvalue weighted by Gasteiger charge is 2.20. The third kappa shape index (κ3) is 3.39. The summed E-state index contributed by atoms with van der Waals surface area (Å²) in [6.07, 6.45) is 5.12. The number of halogens is 1. The van der Waals surface area contributed by atoms with Crippen LogP contribution in [0.4, 0.5) is 4.39 Å². The van der Waals surface area contributed by atoms with E-state index in [0.717, 1.165) is 25.7 Å². The molecule has 6 nitrogen and oxygen atoms in total. The average Bonchev–Trinajstić information content (AvgIpc) is 2.59. The monoisotopic (exact) mass is 333 g/mol. The SMILES string of the molecule is O=C(NCCn1c(=O)c(=O)[nH]c2cc(F)ccc21)C1CCCCC1. The zero-order valence-electron chi connectivity index (χ0n) is 13.3. The molecule has 1 aliphatic carbocycles. The largest absolute Gasteiger partial charge is 0.354 e. The second kappa shape index (κ2) is 6.98. The molecule has 1 saturated carbocycles. The average molecular weight is 333 g/mol. The lowest BCUT2D eigenvalue weighted by molar-refractivity contribution is -0.125. The summed E-state index contributed by atoms with van der Waals surface area (Å²) in [5, 5.41) is 2.84. The summed E-state index contributed by atoms with van der Waals surface area (Å²) < 4.78 is 14.6. The van der Waals surface area contributed by atoms with E-state index >= 15 is 0 Å². The molecule has 128 valence electrons. The fourth-order valence-corrected chi connectivity index (χ4v) is 3.27. The number of aromatic nitrogens is 2. The summed E-state index contributed by atoms with van der Waals surface area (Å²) in [4.78, 5) is 38.3. The van der Waals surface area contributed by atoms with Crippen molar-refractivity contribution in [2.45, 2.75) is 38.6 Å². The van der Waals surface area contributed by atoms with Crippen LogP contribution in [-0.2, 0) is 11.3 Å². The molecule has 1 aromatic heterocycles. The van der Waals surface area contributed by atoms with E-state index in [2.05, 4.69) is 10.3 Å². The lowest BCUT2D eigenvalue weighted by atomic mass is 9.89. The van der Waals surface area contributed by atoms with Crippen molar-refractivity contribution in [3.8, 4) is 0 Å². The molecular formula is C17H20FN3O3. The van der Waals surface area contributed by atoms with Crippen molar-refractivity contribution < 1.29 is 9.18 Å². The van der Waals surface area contributed by atoms with Gasteiger partial charge in [0.05, 0.1) is 11.0 Å². The Morgan fingerprint density at radius 3 is 2.75 bits per heavy atom. The number of carbonyl (C=O) groups excluding carboxylic acids is 1. The summed E-state index contributed by atoms with van der Waals surface area (Å²) in [5.41, 5.74) is -0.807. The van der Waals surface area contributed by atoms with E-state index < -0.39 is 16.9 Å². The molecule has 2 aromatic rings. The van der Waals surface area contributed by atoms with Crippen LogP contribution in [0.5, 0.6) is 0 Å². The zero-order chi connectivity index (χ0) is 17.1. The van der Waals surface area contributed by atoms with Gasteiger partial charge in [0.2, 0.25) is 5.91 Å². The van der Waals surface area contributed by atoms with E-state index in [9.17, 15) is 18.8 Å². The van der Waals surface area contributed by atoms with Gasteiger partial charge in [-0.3, -0.25) is 14.4 Å². The molecule has 1 aromatic carbocycles. The second-order valence-corrected chi connectivity index (χ2v) is 6.20. The molecule has 0 unspecified atom stereocenters. The minimum absolute atomic E-state index is 0.00272. The summed E-state index contributed by atoms with van der Waals surface area (Å²) >= 11 is 0. The van der Waals surface area contributed by atoms with Crippen LogP contribution in [0.1, 0.15) is 32.1 Å². The van der Waals surface area contributed by atoms with Crippen LogP contribution in [0, 0.1) is 11.7 Å². The van der Waals surface area contributed by atoms with Gasteiger partial charge in [-0.2, -0.15) is 0 Å². The first-order valence-electron chi connectivity index (χ1n) is 8.26. The number of fused-ring (bicyclic) bond motifs is 1. The van der Waals surface area contributed by atoms with Crippen molar-refractivity contribution in [2.24, 2.45) is 5.92 Å². The number of benzene rings is 1. The number of aromatic amines is 1. The van der Waals surface area contributed by atoms with Gasteiger partial charge >= 0.3 is 11.1 Å². The molecule has 0 saturated heterocycles. The highest BCUT2D eigenvalue weighted by Crippen LogP contribution is 2.23. The fourth-order valence-electron chi connectivity index (χ4n) is 3.27. The minimum atomic E-state index is -0.799. The molecule has 24 heavy (non-hydrogen) atoms. The van der Waals surface area contributed by atoms with Crippen molar-refractivity contribution in [1.29, 1.82) is 0 Å². The maximum atomic E-state index is 13.3. The van der Waals surface area contributed by atoms with Crippen LogP contribution in [-0.4, -0.2) is 22.0 Å². The van der Waals surface area contributed by atoms with Gasteiger partial charge in [0.25, 0.3) is 0 Å². The van der Waals surface area contributed by atoms with Crippen molar-refractivity contribution in [2.75, 3.05) is 6.54 Å². The van der Waals surface area contributed by atoms with Crippen LogP contribution < -0.4 is 16.4 Å². The van der Waals surface area contributed by atoms with Crippen molar-refractivity contribution in [3.63, 3.8) is 0 Å². The molecule has 1 heterocycles. The third-order valence-electron chi connectivity index (χ3n) is 4.55. The van der Waals surface area contributed by atoms with Gasteiger partial charge in [-0.15, -0.1) is 0 Å². The van der Waals surface area contributed by atoms with Gasteiger partial charge in [-0.1, -0.05) is 19.3 Å². The van der Waals surface area contributed by atoms with E-state index in [4.69, 9.17) is 0 Å². The molecular weight excluding hydrogens is 313 g/mol. The minimum Gasteiger partial charge on any atom is -0.354 e. The Labute approximate surface area is 137 Å². The Morgan fingerprint density at radius 1 is 1.25 bits per heavy atom. The molecule has 1 aliphatic rings. The van der Waals surface area contributed by atoms with Crippen LogP contribution in [0.2, 0.25) is 0 Å². The Bertz CT molecular complexity index is 865. The molecule has 2 N–H and O–H groups in total. The Morgan fingerprint density at radius 2 is 2.00 bits per heavy atom. The normalized spacial score (nSPS) is 15.5. The molecule has 0 atom stereocenters. The van der Waals surface area contributed by atoms with Crippen LogP contribution in [0.25, 0.3) is 11.0 Å². The summed E-state index contributed by atoms with van der Waals surface area (Å²) in [5.74, 6) is -0.447. The highest BCUT2D eigenvalue weighted by molar-refractivity contribution is 5.78. The number of H-pyrrole nitrogens is 1. The predicted molar refractivity (Wildman–Crippen MR) is 88.4 cm³/mol. The third-order valence-corrected chi connectivity index (χ3v) is 4.55. The molecule has 0 radical (unpaired) electrons. The van der Waals surface area contributed by atoms with Gasteiger partial charge in [-0.05, 0) is 31.0 Å². The van der Waals surface area contributed by atoms with Crippen LogP contribution in [0.15, 0.2) is 27.8 Å². The quantitative estimate of drug-likeness (QED) is 0.832. The van der Waals surface area contributed by atoms with Crippen LogP contribution in [0.3, 0.4) is 0 Å². The van der Waals surface area contributed by atoms with Crippen molar-refractivity contribution >= 4 is 16.9 Å². The maximum Gasteiger partial charge on any atom is 0.316 e. The van der Waals surface area contributed by atoms with Gasteiger partial charge in [0, 0.05) is 19.0 Å². The number of nitrogens with zero attached hydrogens (tertiary/aromatic N) is 1.